The molecule has 144 valence electrons. The van der Waals surface area contributed by atoms with Crippen LogP contribution in [0.5, 0.6) is 0 Å². The number of nitrogens with one attached hydrogen (secondary N) is 3. The van der Waals surface area contributed by atoms with Crippen molar-refractivity contribution >= 4 is 40.7 Å². The first-order chi connectivity index (χ1) is 12.8. The number of amides is 2. The fourth-order valence-corrected chi connectivity index (χ4v) is 3.40. The molecule has 2 aromatic rings. The molecule has 0 spiro atoms. The van der Waals surface area contributed by atoms with E-state index in [1.54, 1.807) is 18.2 Å². The third kappa shape index (κ3) is 6.54. The molecule has 3 N–H and O–H groups in total. The van der Waals surface area contributed by atoms with Gasteiger partial charge in [-0.05, 0) is 32.0 Å². The number of rotatable bonds is 7. The summed E-state index contributed by atoms with van der Waals surface area (Å²) >= 11 is 12.0. The van der Waals surface area contributed by atoms with Crippen LogP contribution in [0.25, 0.3) is 0 Å². The minimum Gasteiger partial charge on any atom is -0.349 e. The Morgan fingerprint density at radius 1 is 1.04 bits per heavy atom. The predicted molar refractivity (Wildman–Crippen MR) is 109 cm³/mol. The summed E-state index contributed by atoms with van der Waals surface area (Å²) in [6.45, 7) is 3.97. The van der Waals surface area contributed by atoms with E-state index >= 15 is 0 Å². The highest BCUT2D eigenvalue weighted by atomic mass is 35.5. The quantitative estimate of drug-likeness (QED) is 0.659. The number of likely N-dealkylation sites (N-methyl/N-ethyl adjacent to an activating group) is 1. The van der Waals surface area contributed by atoms with Crippen LogP contribution in [-0.4, -0.2) is 31.4 Å². The van der Waals surface area contributed by atoms with Crippen LogP contribution < -0.4 is 15.5 Å². The number of anilines is 1. The standard InChI is InChI=1S/C20H23Cl2N3O2/c1-13(2)23-18(26)12-25(3)19(14-7-5-4-6-8-14)20(27)24-17-10-15(21)9-16(22)11-17/h4-11,13,19H,12H2,1-3H3,(H,23,26)(H,24,27)/p+1/t19-/m1/s1. The second-order valence-corrected chi connectivity index (χ2v) is 7.61. The van der Waals surface area contributed by atoms with Gasteiger partial charge in [-0.2, -0.15) is 0 Å². The van der Waals surface area contributed by atoms with E-state index in [9.17, 15) is 9.59 Å². The number of quaternary nitrogens is 1. The fraction of sp³-hybridized carbons (Fsp3) is 0.300. The molecule has 0 aromatic heterocycles. The molecule has 27 heavy (non-hydrogen) atoms. The Bertz CT molecular complexity index is 777. The number of benzene rings is 2. The molecule has 0 saturated heterocycles. The summed E-state index contributed by atoms with van der Waals surface area (Å²) in [5.41, 5.74) is 1.33. The Hall–Kier alpha value is -2.08. The normalized spacial score (nSPS) is 13.1. The topological polar surface area (TPSA) is 62.6 Å². The van der Waals surface area contributed by atoms with E-state index in [4.69, 9.17) is 23.2 Å². The van der Waals surface area contributed by atoms with Crippen LogP contribution >= 0.6 is 23.2 Å². The third-order valence-electron chi connectivity index (χ3n) is 3.91. The molecule has 0 aliphatic heterocycles. The molecule has 0 saturated carbocycles. The lowest BCUT2D eigenvalue weighted by Crippen LogP contribution is -3.11. The van der Waals surface area contributed by atoms with Crippen LogP contribution in [0.3, 0.4) is 0 Å². The summed E-state index contributed by atoms with van der Waals surface area (Å²) in [7, 11) is 1.82. The van der Waals surface area contributed by atoms with Gasteiger partial charge >= 0.3 is 0 Å². The molecule has 0 aliphatic carbocycles. The predicted octanol–water partition coefficient (Wildman–Crippen LogP) is 2.71. The third-order valence-corrected chi connectivity index (χ3v) is 4.34. The first-order valence-corrected chi connectivity index (χ1v) is 9.45. The average molecular weight is 409 g/mol. The highest BCUT2D eigenvalue weighted by Gasteiger charge is 2.30. The second-order valence-electron chi connectivity index (χ2n) is 6.74. The molecular formula is C20H24Cl2N3O2+. The van der Waals surface area contributed by atoms with Crippen molar-refractivity contribution in [3.8, 4) is 0 Å². The average Bonchev–Trinajstić information content (AvgIpc) is 2.53. The summed E-state index contributed by atoms with van der Waals surface area (Å²) < 4.78 is 0. The largest absolute Gasteiger partial charge is 0.349 e. The van der Waals surface area contributed by atoms with Crippen molar-refractivity contribution in [2.24, 2.45) is 0 Å². The molecule has 2 amide bonds. The number of hydrogen-bond acceptors (Lipinski definition) is 2. The van der Waals surface area contributed by atoms with Gasteiger partial charge in [0.1, 0.15) is 0 Å². The number of halogens is 2. The van der Waals surface area contributed by atoms with Gasteiger partial charge in [0.25, 0.3) is 11.8 Å². The molecule has 0 fully saturated rings. The van der Waals surface area contributed by atoms with Gasteiger partial charge in [-0.25, -0.2) is 0 Å². The van der Waals surface area contributed by atoms with Gasteiger partial charge in [-0.1, -0.05) is 53.5 Å². The Kier molecular flexibility index (Phi) is 7.66. The van der Waals surface area contributed by atoms with Crippen LogP contribution in [0.2, 0.25) is 10.0 Å². The maximum absolute atomic E-state index is 13.0. The van der Waals surface area contributed by atoms with Gasteiger partial charge < -0.3 is 15.5 Å². The van der Waals surface area contributed by atoms with E-state index in [2.05, 4.69) is 10.6 Å². The molecule has 1 unspecified atom stereocenters. The highest BCUT2D eigenvalue weighted by Crippen LogP contribution is 2.23. The van der Waals surface area contributed by atoms with E-state index in [0.29, 0.717) is 15.7 Å². The summed E-state index contributed by atoms with van der Waals surface area (Å²) in [5.74, 6) is -0.351. The van der Waals surface area contributed by atoms with Crippen molar-refractivity contribution in [2.75, 3.05) is 18.9 Å². The van der Waals surface area contributed by atoms with E-state index in [-0.39, 0.29) is 24.4 Å². The summed E-state index contributed by atoms with van der Waals surface area (Å²) in [6.07, 6.45) is 0. The lowest BCUT2D eigenvalue weighted by Gasteiger charge is -2.24. The van der Waals surface area contributed by atoms with Crippen molar-refractivity contribution < 1.29 is 14.5 Å². The van der Waals surface area contributed by atoms with E-state index < -0.39 is 6.04 Å². The van der Waals surface area contributed by atoms with Gasteiger partial charge in [-0.15, -0.1) is 0 Å². The summed E-state index contributed by atoms with van der Waals surface area (Å²) in [6, 6.07) is 13.7. The maximum atomic E-state index is 13.0. The molecule has 0 aliphatic rings. The number of hydrogen-bond donors (Lipinski definition) is 3. The Morgan fingerprint density at radius 2 is 1.63 bits per heavy atom. The Balaban J connectivity index is 2.24. The number of carbonyl (C=O) groups is 2. The molecule has 0 heterocycles. The summed E-state index contributed by atoms with van der Waals surface area (Å²) in [5, 5.41) is 6.59. The minimum absolute atomic E-state index is 0.0444. The van der Waals surface area contributed by atoms with Gasteiger partial charge in [-0.3, -0.25) is 9.59 Å². The van der Waals surface area contributed by atoms with Crippen molar-refractivity contribution in [3.05, 3.63) is 64.1 Å². The van der Waals surface area contributed by atoms with Gasteiger partial charge in [0.2, 0.25) is 0 Å². The van der Waals surface area contributed by atoms with Gasteiger partial charge in [0.15, 0.2) is 12.6 Å². The zero-order chi connectivity index (χ0) is 20.0. The van der Waals surface area contributed by atoms with Crippen molar-refractivity contribution in [2.45, 2.75) is 25.9 Å². The molecule has 2 atom stereocenters. The molecule has 2 rings (SSSR count). The molecule has 2 aromatic carbocycles. The monoisotopic (exact) mass is 408 g/mol. The SMILES string of the molecule is CC(C)NC(=O)C[NH+](C)[C@@H](C(=O)Nc1cc(Cl)cc(Cl)c1)c1ccccc1. The van der Waals surface area contributed by atoms with Crippen molar-refractivity contribution in [1.29, 1.82) is 0 Å². The lowest BCUT2D eigenvalue weighted by molar-refractivity contribution is -0.894. The second kappa shape index (κ2) is 9.74. The Labute approximate surface area is 169 Å². The fourth-order valence-electron chi connectivity index (χ4n) is 2.87. The van der Waals surface area contributed by atoms with Crippen LogP contribution in [0.1, 0.15) is 25.5 Å². The highest BCUT2D eigenvalue weighted by molar-refractivity contribution is 6.35. The minimum atomic E-state index is -0.568. The van der Waals surface area contributed by atoms with E-state index in [0.717, 1.165) is 10.5 Å². The van der Waals surface area contributed by atoms with Crippen LogP contribution in [-0.2, 0) is 9.59 Å². The zero-order valence-electron chi connectivity index (χ0n) is 15.6. The first kappa shape index (κ1) is 21.2. The molecular weight excluding hydrogens is 385 g/mol. The zero-order valence-corrected chi connectivity index (χ0v) is 17.1. The molecule has 0 bridgehead atoms. The molecule has 5 nitrogen and oxygen atoms in total. The Morgan fingerprint density at radius 3 is 2.19 bits per heavy atom. The number of carbonyl (C=O) groups excluding carboxylic acids is 2. The smallest absolute Gasteiger partial charge is 0.287 e. The van der Waals surface area contributed by atoms with Crippen molar-refractivity contribution in [3.63, 3.8) is 0 Å². The van der Waals surface area contributed by atoms with Crippen LogP contribution in [0, 0.1) is 0 Å². The van der Waals surface area contributed by atoms with Gasteiger partial charge in [0.05, 0.1) is 7.05 Å². The first-order valence-electron chi connectivity index (χ1n) is 8.70. The van der Waals surface area contributed by atoms with E-state index in [1.807, 2.05) is 51.2 Å². The molecule has 0 radical (unpaired) electrons. The maximum Gasteiger partial charge on any atom is 0.287 e. The van der Waals surface area contributed by atoms with Crippen LogP contribution in [0.4, 0.5) is 5.69 Å². The van der Waals surface area contributed by atoms with Gasteiger partial charge in [0, 0.05) is 27.3 Å². The van der Waals surface area contributed by atoms with Crippen molar-refractivity contribution in [1.82, 2.24) is 5.32 Å². The molecule has 7 heteroatoms. The lowest BCUT2D eigenvalue weighted by atomic mass is 10.0. The van der Waals surface area contributed by atoms with E-state index in [1.165, 1.54) is 0 Å². The van der Waals surface area contributed by atoms with Crippen LogP contribution in [0.15, 0.2) is 48.5 Å². The summed E-state index contributed by atoms with van der Waals surface area (Å²) in [4.78, 5) is 26.0.